The van der Waals surface area contributed by atoms with Crippen LogP contribution in [0.5, 0.6) is 0 Å². The predicted molar refractivity (Wildman–Crippen MR) is 75.1 cm³/mol. The van der Waals surface area contributed by atoms with Crippen LogP contribution < -0.4 is 4.90 Å². The van der Waals surface area contributed by atoms with Crippen LogP contribution in [0.2, 0.25) is 0 Å². The van der Waals surface area contributed by atoms with Gasteiger partial charge in [-0.05, 0) is 30.7 Å². The number of aliphatic hydroxyl groups excluding tert-OH is 1. The molecule has 110 valence electrons. The fraction of sp³-hybridized carbons (Fsp3) is 0.462. The van der Waals surface area contributed by atoms with Crippen molar-refractivity contribution in [1.29, 1.82) is 0 Å². The maximum absolute atomic E-state index is 12.4. The highest BCUT2D eigenvalue weighted by Gasteiger charge is 2.29. The van der Waals surface area contributed by atoms with Gasteiger partial charge in [0.1, 0.15) is 0 Å². The van der Waals surface area contributed by atoms with Gasteiger partial charge in [-0.1, -0.05) is 0 Å². The highest BCUT2D eigenvalue weighted by Crippen LogP contribution is 2.30. The Kier molecular flexibility index (Phi) is 3.86. The Bertz CT molecular complexity index is 642. The van der Waals surface area contributed by atoms with Gasteiger partial charge in [0.2, 0.25) is 15.9 Å². The number of fused-ring (bicyclic) bond motifs is 1. The van der Waals surface area contributed by atoms with Crippen molar-refractivity contribution in [1.82, 2.24) is 4.31 Å². The Morgan fingerprint density at radius 2 is 2.10 bits per heavy atom. The summed E-state index contributed by atoms with van der Waals surface area (Å²) in [5.41, 5.74) is 1.45. The number of sulfonamides is 1. The lowest BCUT2D eigenvalue weighted by molar-refractivity contribution is -0.117. The molecule has 1 aromatic rings. The lowest BCUT2D eigenvalue weighted by atomic mass is 10.2. The fourth-order valence-electron chi connectivity index (χ4n) is 2.13. The number of carbonyl (C=O) groups excluding carboxylic acids is 1. The third-order valence-corrected chi connectivity index (χ3v) is 5.66. The zero-order valence-corrected chi connectivity index (χ0v) is 12.5. The number of rotatable bonds is 4. The fourth-order valence-corrected chi connectivity index (χ4v) is 3.53. The monoisotopic (exact) mass is 298 g/mol. The molecule has 0 fully saturated rings. The molecule has 0 aliphatic carbocycles. The molecule has 1 heterocycles. The second kappa shape index (κ2) is 5.16. The first kappa shape index (κ1) is 15.0. The Morgan fingerprint density at radius 3 is 2.70 bits per heavy atom. The van der Waals surface area contributed by atoms with Crippen molar-refractivity contribution in [3.63, 3.8) is 0 Å². The summed E-state index contributed by atoms with van der Waals surface area (Å²) in [7, 11) is -0.563. The highest BCUT2D eigenvalue weighted by atomic mass is 32.2. The van der Waals surface area contributed by atoms with Crippen molar-refractivity contribution in [2.45, 2.75) is 24.3 Å². The zero-order valence-electron chi connectivity index (χ0n) is 11.7. The normalized spacial score (nSPS) is 16.6. The number of aliphatic hydroxyl groups is 1. The van der Waals surface area contributed by atoms with Gasteiger partial charge in [0.05, 0.1) is 17.9 Å². The third-order valence-electron chi connectivity index (χ3n) is 3.69. The van der Waals surface area contributed by atoms with Crippen LogP contribution in [0, 0.1) is 0 Å². The maximum atomic E-state index is 12.4. The van der Waals surface area contributed by atoms with Crippen LogP contribution >= 0.6 is 0 Å². The van der Waals surface area contributed by atoms with E-state index in [9.17, 15) is 13.2 Å². The Morgan fingerprint density at radius 1 is 1.45 bits per heavy atom. The number of carbonyl (C=O) groups is 1. The second-order valence-corrected chi connectivity index (χ2v) is 6.97. The molecule has 0 saturated carbocycles. The summed E-state index contributed by atoms with van der Waals surface area (Å²) in [6, 6.07) is 4.17. The molecule has 0 spiro atoms. The Labute approximate surface area is 118 Å². The van der Waals surface area contributed by atoms with Gasteiger partial charge in [-0.25, -0.2) is 8.42 Å². The molecule has 20 heavy (non-hydrogen) atoms. The minimum absolute atomic E-state index is 0.0494. The van der Waals surface area contributed by atoms with Crippen LogP contribution in [0.4, 0.5) is 5.69 Å². The molecule has 0 saturated heterocycles. The first-order chi connectivity index (χ1) is 9.28. The maximum Gasteiger partial charge on any atom is 0.243 e. The van der Waals surface area contributed by atoms with E-state index >= 15 is 0 Å². The SMILES string of the molecule is CC(CO)N(C)S(=O)(=O)c1ccc2c(c1)CC(=O)N2C. The molecule has 1 amide bonds. The molecule has 1 aliphatic rings. The van der Waals surface area contributed by atoms with Crippen LogP contribution in [-0.4, -0.2) is 50.5 Å². The number of nitrogens with zero attached hydrogens (tertiary/aromatic N) is 2. The molecule has 0 aromatic heterocycles. The lowest BCUT2D eigenvalue weighted by Gasteiger charge is -2.23. The molecule has 1 N–H and O–H groups in total. The lowest BCUT2D eigenvalue weighted by Crippen LogP contribution is -2.37. The highest BCUT2D eigenvalue weighted by molar-refractivity contribution is 7.89. The van der Waals surface area contributed by atoms with Gasteiger partial charge in [-0.15, -0.1) is 0 Å². The van der Waals surface area contributed by atoms with Crippen LogP contribution in [0.1, 0.15) is 12.5 Å². The van der Waals surface area contributed by atoms with E-state index in [0.717, 1.165) is 9.99 Å². The van der Waals surface area contributed by atoms with Crippen LogP contribution in [0.15, 0.2) is 23.1 Å². The summed E-state index contributed by atoms with van der Waals surface area (Å²) in [5.74, 6) is -0.0494. The van der Waals surface area contributed by atoms with E-state index in [1.807, 2.05) is 0 Å². The van der Waals surface area contributed by atoms with E-state index in [0.29, 0.717) is 5.56 Å². The molecular formula is C13H18N2O4S. The Hall–Kier alpha value is -1.44. The first-order valence-electron chi connectivity index (χ1n) is 6.27. The molecule has 1 atom stereocenters. The zero-order chi connectivity index (χ0) is 15.1. The number of likely N-dealkylation sites (N-methyl/N-ethyl adjacent to an activating group) is 2. The summed E-state index contributed by atoms with van der Waals surface area (Å²) in [4.78, 5) is 13.3. The largest absolute Gasteiger partial charge is 0.395 e. The molecular weight excluding hydrogens is 280 g/mol. The van der Waals surface area contributed by atoms with Gasteiger partial charge in [0.15, 0.2) is 0 Å². The van der Waals surface area contributed by atoms with E-state index < -0.39 is 16.1 Å². The van der Waals surface area contributed by atoms with Gasteiger partial charge >= 0.3 is 0 Å². The van der Waals surface area contributed by atoms with Crippen LogP contribution in [-0.2, 0) is 21.2 Å². The molecule has 0 radical (unpaired) electrons. The second-order valence-electron chi connectivity index (χ2n) is 4.97. The number of hydrogen-bond acceptors (Lipinski definition) is 4. The summed E-state index contributed by atoms with van der Waals surface area (Å²) < 4.78 is 26.0. The molecule has 7 heteroatoms. The van der Waals surface area contributed by atoms with Crippen molar-refractivity contribution >= 4 is 21.6 Å². The number of anilines is 1. The average Bonchev–Trinajstić information content (AvgIpc) is 2.71. The first-order valence-corrected chi connectivity index (χ1v) is 7.71. The molecule has 6 nitrogen and oxygen atoms in total. The van der Waals surface area contributed by atoms with Gasteiger partial charge < -0.3 is 10.0 Å². The Balaban J connectivity index is 2.41. The van der Waals surface area contributed by atoms with Crippen LogP contribution in [0.25, 0.3) is 0 Å². The van der Waals surface area contributed by atoms with Gasteiger partial charge in [0.25, 0.3) is 0 Å². The third kappa shape index (κ3) is 2.32. The molecule has 1 aliphatic heterocycles. The smallest absolute Gasteiger partial charge is 0.243 e. The summed E-state index contributed by atoms with van der Waals surface area (Å²) >= 11 is 0. The summed E-state index contributed by atoms with van der Waals surface area (Å²) in [5, 5.41) is 9.08. The molecule has 1 unspecified atom stereocenters. The van der Waals surface area contributed by atoms with Crippen molar-refractivity contribution in [3.8, 4) is 0 Å². The van der Waals surface area contributed by atoms with Crippen molar-refractivity contribution in [3.05, 3.63) is 23.8 Å². The molecule has 0 bridgehead atoms. The number of benzene rings is 1. The summed E-state index contributed by atoms with van der Waals surface area (Å²) in [6.07, 6.45) is 0.217. The average molecular weight is 298 g/mol. The number of hydrogen-bond donors (Lipinski definition) is 1. The number of amides is 1. The van der Waals surface area contributed by atoms with E-state index in [1.165, 1.54) is 24.1 Å². The van der Waals surface area contributed by atoms with Crippen molar-refractivity contribution < 1.29 is 18.3 Å². The van der Waals surface area contributed by atoms with Gasteiger partial charge in [-0.2, -0.15) is 4.31 Å². The van der Waals surface area contributed by atoms with E-state index in [1.54, 1.807) is 20.0 Å². The standard InChI is InChI=1S/C13H18N2O4S/c1-9(8-16)15(3)20(18,19)11-4-5-12-10(6-11)7-13(17)14(12)2/h4-6,9,16H,7-8H2,1-3H3. The molecule has 2 rings (SSSR count). The van der Waals surface area contributed by atoms with Crippen molar-refractivity contribution in [2.75, 3.05) is 25.6 Å². The van der Waals surface area contributed by atoms with Gasteiger partial charge in [-0.3, -0.25) is 4.79 Å². The predicted octanol–water partition coefficient (Wildman–Crippen LogP) is 0.207. The quantitative estimate of drug-likeness (QED) is 0.862. The van der Waals surface area contributed by atoms with Crippen molar-refractivity contribution in [2.24, 2.45) is 0 Å². The van der Waals surface area contributed by atoms with Gasteiger partial charge in [0, 0.05) is 25.8 Å². The summed E-state index contributed by atoms with van der Waals surface area (Å²) in [6.45, 7) is 1.38. The topological polar surface area (TPSA) is 77.9 Å². The minimum atomic E-state index is -3.66. The van der Waals surface area contributed by atoms with E-state index in [4.69, 9.17) is 5.11 Å². The van der Waals surface area contributed by atoms with Crippen LogP contribution in [0.3, 0.4) is 0 Å². The van der Waals surface area contributed by atoms with E-state index in [2.05, 4.69) is 0 Å². The minimum Gasteiger partial charge on any atom is -0.395 e. The molecule has 1 aromatic carbocycles. The van der Waals surface area contributed by atoms with E-state index in [-0.39, 0.29) is 23.8 Å².